The predicted molar refractivity (Wildman–Crippen MR) is 96.2 cm³/mol. The quantitative estimate of drug-likeness (QED) is 0.500. The first-order chi connectivity index (χ1) is 12.1. The van der Waals surface area contributed by atoms with Crippen LogP contribution < -0.4 is 0 Å². The van der Waals surface area contributed by atoms with Crippen molar-refractivity contribution in [1.82, 2.24) is 25.1 Å². The second kappa shape index (κ2) is 5.86. The summed E-state index contributed by atoms with van der Waals surface area (Å²) in [5, 5.41) is 17.9. The standard InChI is InChI=1S/C18H16N6O/c1-10-3-5-19-8-13(10)14-7-12-15(9-20-14)23-18(25)17(12)11(2)22-16-4-6-21-24-16/h3-9,23,25H,1-2H3,(H,21,24). The summed E-state index contributed by atoms with van der Waals surface area (Å²) in [5.41, 5.74) is 4.91. The van der Waals surface area contributed by atoms with Crippen LogP contribution in [0.25, 0.3) is 22.2 Å². The zero-order valence-corrected chi connectivity index (χ0v) is 13.8. The van der Waals surface area contributed by atoms with E-state index in [-0.39, 0.29) is 5.88 Å². The van der Waals surface area contributed by atoms with Crippen LogP contribution in [0.15, 0.2) is 48.0 Å². The van der Waals surface area contributed by atoms with E-state index in [0.717, 1.165) is 27.7 Å². The normalized spacial score (nSPS) is 12.0. The van der Waals surface area contributed by atoms with E-state index >= 15 is 0 Å². The molecule has 0 saturated heterocycles. The maximum absolute atomic E-state index is 10.3. The Morgan fingerprint density at radius 3 is 2.84 bits per heavy atom. The van der Waals surface area contributed by atoms with Gasteiger partial charge in [0.15, 0.2) is 5.88 Å². The highest BCUT2D eigenvalue weighted by Gasteiger charge is 2.16. The third kappa shape index (κ3) is 2.65. The number of hydrogen-bond donors (Lipinski definition) is 3. The largest absolute Gasteiger partial charge is 0.494 e. The molecule has 0 spiro atoms. The fourth-order valence-electron chi connectivity index (χ4n) is 2.87. The van der Waals surface area contributed by atoms with E-state index in [0.29, 0.717) is 17.1 Å². The molecule has 4 aromatic heterocycles. The van der Waals surface area contributed by atoms with Gasteiger partial charge in [0.2, 0.25) is 0 Å². The Labute approximate surface area is 143 Å². The van der Waals surface area contributed by atoms with E-state index < -0.39 is 0 Å². The molecule has 124 valence electrons. The van der Waals surface area contributed by atoms with Crippen LogP contribution in [-0.2, 0) is 0 Å². The van der Waals surface area contributed by atoms with Gasteiger partial charge in [-0.2, -0.15) is 5.10 Å². The highest BCUT2D eigenvalue weighted by atomic mass is 16.3. The Morgan fingerprint density at radius 1 is 1.20 bits per heavy atom. The Hall–Kier alpha value is -3.48. The number of hydrogen-bond acceptors (Lipinski definition) is 5. The number of fused-ring (bicyclic) bond motifs is 1. The zero-order chi connectivity index (χ0) is 17.4. The average molecular weight is 332 g/mol. The number of aryl methyl sites for hydroxylation is 1. The van der Waals surface area contributed by atoms with Crippen LogP contribution in [0, 0.1) is 6.92 Å². The highest BCUT2D eigenvalue weighted by Crippen LogP contribution is 2.31. The van der Waals surface area contributed by atoms with Crippen molar-refractivity contribution in [2.24, 2.45) is 4.99 Å². The molecule has 3 N–H and O–H groups in total. The molecule has 7 heteroatoms. The second-order valence-electron chi connectivity index (χ2n) is 5.79. The van der Waals surface area contributed by atoms with E-state index in [9.17, 15) is 5.11 Å². The molecule has 0 bridgehead atoms. The molecule has 0 aliphatic rings. The van der Waals surface area contributed by atoms with E-state index in [4.69, 9.17) is 0 Å². The van der Waals surface area contributed by atoms with Gasteiger partial charge in [-0.05, 0) is 31.5 Å². The SMILES string of the molecule is CC(=Nc1ccn[nH]1)c1c(O)[nH]c2cnc(-c3cnccc3C)cc12. The predicted octanol–water partition coefficient (Wildman–Crippen LogP) is 3.50. The summed E-state index contributed by atoms with van der Waals surface area (Å²) in [5.74, 6) is 0.696. The van der Waals surface area contributed by atoms with E-state index in [2.05, 4.69) is 30.1 Å². The first-order valence-electron chi connectivity index (χ1n) is 7.80. The number of nitrogens with zero attached hydrogens (tertiary/aromatic N) is 4. The summed E-state index contributed by atoms with van der Waals surface area (Å²) >= 11 is 0. The molecular weight excluding hydrogens is 316 g/mol. The summed E-state index contributed by atoms with van der Waals surface area (Å²) in [4.78, 5) is 16.1. The number of aromatic nitrogens is 5. The molecule has 0 radical (unpaired) electrons. The van der Waals surface area contributed by atoms with E-state index in [1.165, 1.54) is 0 Å². The van der Waals surface area contributed by atoms with Crippen molar-refractivity contribution >= 4 is 22.4 Å². The number of aromatic hydroxyl groups is 1. The highest BCUT2D eigenvalue weighted by molar-refractivity contribution is 6.13. The average Bonchev–Trinajstić information content (AvgIpc) is 3.21. The number of nitrogens with one attached hydrogen (secondary N) is 2. The fraction of sp³-hybridized carbons (Fsp3) is 0.111. The minimum Gasteiger partial charge on any atom is -0.494 e. The summed E-state index contributed by atoms with van der Waals surface area (Å²) < 4.78 is 0. The minimum absolute atomic E-state index is 0.0672. The first kappa shape index (κ1) is 15.1. The molecule has 0 amide bonds. The van der Waals surface area contributed by atoms with Gasteiger partial charge in [0.1, 0.15) is 5.82 Å². The lowest BCUT2D eigenvalue weighted by Crippen LogP contribution is -1.94. The van der Waals surface area contributed by atoms with Crippen LogP contribution in [0.2, 0.25) is 0 Å². The second-order valence-corrected chi connectivity index (χ2v) is 5.79. The number of aromatic amines is 2. The van der Waals surface area contributed by atoms with Crippen LogP contribution in [0.4, 0.5) is 5.82 Å². The van der Waals surface area contributed by atoms with Gasteiger partial charge in [-0.1, -0.05) is 0 Å². The number of aliphatic imine (C=N–C) groups is 1. The smallest absolute Gasteiger partial charge is 0.198 e. The molecule has 4 heterocycles. The molecule has 0 unspecified atom stereocenters. The fourth-order valence-corrected chi connectivity index (χ4v) is 2.87. The third-order valence-corrected chi connectivity index (χ3v) is 4.11. The third-order valence-electron chi connectivity index (χ3n) is 4.11. The zero-order valence-electron chi connectivity index (χ0n) is 13.8. The van der Waals surface area contributed by atoms with Gasteiger partial charge in [-0.25, -0.2) is 4.99 Å². The lowest BCUT2D eigenvalue weighted by molar-refractivity contribution is 0.457. The van der Waals surface area contributed by atoms with E-state index in [1.54, 1.807) is 30.9 Å². The van der Waals surface area contributed by atoms with Crippen molar-refractivity contribution < 1.29 is 5.11 Å². The van der Waals surface area contributed by atoms with Gasteiger partial charge in [-0.15, -0.1) is 0 Å². The van der Waals surface area contributed by atoms with Crippen LogP contribution in [0.3, 0.4) is 0 Å². The summed E-state index contributed by atoms with van der Waals surface area (Å²) in [6.07, 6.45) is 6.89. The first-order valence-corrected chi connectivity index (χ1v) is 7.80. The number of H-pyrrole nitrogens is 2. The number of rotatable bonds is 3. The monoisotopic (exact) mass is 332 g/mol. The molecular formula is C18H16N6O. The topological polar surface area (TPSA) is 103 Å². The molecule has 0 atom stereocenters. The lowest BCUT2D eigenvalue weighted by Gasteiger charge is -2.05. The van der Waals surface area contributed by atoms with Gasteiger partial charge < -0.3 is 10.1 Å². The molecule has 0 aliphatic heterocycles. The molecule has 0 fully saturated rings. The van der Waals surface area contributed by atoms with Gasteiger partial charge in [0.25, 0.3) is 0 Å². The Bertz CT molecular complexity index is 1080. The molecule has 0 aromatic carbocycles. The molecule has 4 aromatic rings. The molecule has 0 saturated carbocycles. The van der Waals surface area contributed by atoms with Gasteiger partial charge in [0.05, 0.1) is 34.9 Å². The van der Waals surface area contributed by atoms with Crippen LogP contribution in [-0.4, -0.2) is 36.0 Å². The molecule has 4 rings (SSSR count). The van der Waals surface area contributed by atoms with Crippen molar-refractivity contribution in [1.29, 1.82) is 0 Å². The van der Waals surface area contributed by atoms with Crippen molar-refractivity contribution in [3.8, 4) is 17.1 Å². The molecule has 0 aliphatic carbocycles. The van der Waals surface area contributed by atoms with Crippen LogP contribution in [0.1, 0.15) is 18.1 Å². The Kier molecular flexibility index (Phi) is 3.53. The van der Waals surface area contributed by atoms with Crippen molar-refractivity contribution in [2.75, 3.05) is 0 Å². The van der Waals surface area contributed by atoms with Gasteiger partial charge in [0, 0.05) is 29.4 Å². The number of pyridine rings is 2. The minimum atomic E-state index is 0.0672. The summed E-state index contributed by atoms with van der Waals surface area (Å²) in [7, 11) is 0. The Morgan fingerprint density at radius 2 is 2.08 bits per heavy atom. The molecule has 25 heavy (non-hydrogen) atoms. The van der Waals surface area contributed by atoms with Gasteiger partial charge >= 0.3 is 0 Å². The van der Waals surface area contributed by atoms with Crippen molar-refractivity contribution in [3.63, 3.8) is 0 Å². The molecule has 7 nitrogen and oxygen atoms in total. The summed E-state index contributed by atoms with van der Waals surface area (Å²) in [6.45, 7) is 3.86. The van der Waals surface area contributed by atoms with Crippen molar-refractivity contribution in [2.45, 2.75) is 13.8 Å². The maximum Gasteiger partial charge on any atom is 0.198 e. The Balaban J connectivity index is 1.89. The van der Waals surface area contributed by atoms with Gasteiger partial charge in [-0.3, -0.25) is 15.1 Å². The van der Waals surface area contributed by atoms with Crippen LogP contribution >= 0.6 is 0 Å². The maximum atomic E-state index is 10.3. The van der Waals surface area contributed by atoms with Crippen molar-refractivity contribution in [3.05, 3.63) is 54.1 Å². The summed E-state index contributed by atoms with van der Waals surface area (Å²) in [6, 6.07) is 5.65. The van der Waals surface area contributed by atoms with Crippen LogP contribution in [0.5, 0.6) is 5.88 Å². The van der Waals surface area contributed by atoms with E-state index in [1.807, 2.05) is 26.0 Å². The lowest BCUT2D eigenvalue weighted by atomic mass is 10.0.